The van der Waals surface area contributed by atoms with Gasteiger partial charge in [-0.15, -0.1) is 11.3 Å². The van der Waals surface area contributed by atoms with Crippen molar-refractivity contribution in [3.05, 3.63) is 34.5 Å². The van der Waals surface area contributed by atoms with Gasteiger partial charge in [0, 0.05) is 33.7 Å². The predicted molar refractivity (Wildman–Crippen MR) is 83.4 cm³/mol. The molecular weight excluding hydrogens is 273 g/mol. The Morgan fingerprint density at radius 3 is 2.70 bits per heavy atom. The first-order chi connectivity index (χ1) is 9.42. The van der Waals surface area contributed by atoms with Crippen LogP contribution in [-0.2, 0) is 17.9 Å². The van der Waals surface area contributed by atoms with Crippen LogP contribution in [-0.4, -0.2) is 6.61 Å². The highest BCUT2D eigenvalue weighted by molar-refractivity contribution is 7.19. The molecule has 0 amide bonds. The van der Waals surface area contributed by atoms with Crippen LogP contribution in [0.2, 0.25) is 0 Å². The van der Waals surface area contributed by atoms with Crippen molar-refractivity contribution < 1.29 is 9.13 Å². The number of hydrogen-bond acceptors (Lipinski definition) is 3. The summed E-state index contributed by atoms with van der Waals surface area (Å²) in [5.41, 5.74) is 6.94. The molecule has 1 aromatic carbocycles. The van der Waals surface area contributed by atoms with Gasteiger partial charge in [-0.1, -0.05) is 26.8 Å². The van der Waals surface area contributed by atoms with Crippen LogP contribution >= 0.6 is 11.3 Å². The summed E-state index contributed by atoms with van der Waals surface area (Å²) in [6, 6.07) is 5.16. The van der Waals surface area contributed by atoms with Gasteiger partial charge in [0.1, 0.15) is 5.82 Å². The summed E-state index contributed by atoms with van der Waals surface area (Å²) in [5, 5.41) is 0.675. The highest BCUT2D eigenvalue weighted by Gasteiger charge is 2.15. The SMILES string of the molecule is CC(C)(C)CCOCc1c(CN)sc2cccc(F)c12. The topological polar surface area (TPSA) is 35.2 Å². The van der Waals surface area contributed by atoms with E-state index < -0.39 is 0 Å². The van der Waals surface area contributed by atoms with Gasteiger partial charge in [0.15, 0.2) is 0 Å². The Labute approximate surface area is 123 Å². The molecule has 2 aromatic rings. The molecule has 2 N–H and O–H groups in total. The van der Waals surface area contributed by atoms with Crippen LogP contribution < -0.4 is 5.73 Å². The summed E-state index contributed by atoms with van der Waals surface area (Å²) in [4.78, 5) is 1.01. The standard InChI is InChI=1S/C16H22FNOS/c1-16(2,3)7-8-19-10-11-14(9-18)20-13-6-4-5-12(17)15(11)13/h4-6H,7-10,18H2,1-3H3. The number of rotatable bonds is 5. The second-order valence-corrected chi connectivity index (χ2v) is 7.32. The lowest BCUT2D eigenvalue weighted by Crippen LogP contribution is -2.10. The van der Waals surface area contributed by atoms with Crippen LogP contribution in [0.1, 0.15) is 37.6 Å². The maximum absolute atomic E-state index is 14.0. The van der Waals surface area contributed by atoms with Gasteiger partial charge in [0.25, 0.3) is 0 Å². The van der Waals surface area contributed by atoms with Crippen molar-refractivity contribution in [3.8, 4) is 0 Å². The third kappa shape index (κ3) is 3.57. The first kappa shape index (κ1) is 15.4. The number of fused-ring (bicyclic) bond motifs is 1. The molecule has 20 heavy (non-hydrogen) atoms. The molecule has 0 bridgehead atoms. The molecule has 0 unspecified atom stereocenters. The monoisotopic (exact) mass is 295 g/mol. The van der Waals surface area contributed by atoms with E-state index in [4.69, 9.17) is 10.5 Å². The molecule has 0 saturated heterocycles. The van der Waals surface area contributed by atoms with E-state index in [1.54, 1.807) is 17.4 Å². The molecule has 2 nitrogen and oxygen atoms in total. The minimum Gasteiger partial charge on any atom is -0.377 e. The maximum Gasteiger partial charge on any atom is 0.132 e. The molecular formula is C16H22FNOS. The zero-order valence-electron chi connectivity index (χ0n) is 12.3. The van der Waals surface area contributed by atoms with Gasteiger partial charge in [-0.05, 0) is 24.0 Å². The van der Waals surface area contributed by atoms with Crippen LogP contribution in [0.5, 0.6) is 0 Å². The predicted octanol–water partition coefficient (Wildman–Crippen LogP) is 4.45. The third-order valence-corrected chi connectivity index (χ3v) is 4.49. The second-order valence-electron chi connectivity index (χ2n) is 6.18. The van der Waals surface area contributed by atoms with E-state index in [0.29, 0.717) is 25.1 Å². The molecule has 0 aliphatic rings. The summed E-state index contributed by atoms with van der Waals surface area (Å²) in [5.74, 6) is -0.187. The molecule has 0 aliphatic carbocycles. The van der Waals surface area contributed by atoms with Gasteiger partial charge in [0.05, 0.1) is 6.61 Å². The van der Waals surface area contributed by atoms with Crippen molar-refractivity contribution in [1.29, 1.82) is 0 Å². The molecule has 2 rings (SSSR count). The van der Waals surface area contributed by atoms with E-state index in [1.807, 2.05) is 6.07 Å². The fraction of sp³-hybridized carbons (Fsp3) is 0.500. The van der Waals surface area contributed by atoms with Crippen LogP contribution in [0.25, 0.3) is 10.1 Å². The molecule has 0 atom stereocenters. The fourth-order valence-electron chi connectivity index (χ4n) is 2.09. The van der Waals surface area contributed by atoms with Crippen LogP contribution in [0, 0.1) is 11.2 Å². The third-order valence-electron chi connectivity index (χ3n) is 3.28. The Hall–Kier alpha value is -0.970. The molecule has 1 aromatic heterocycles. The van der Waals surface area contributed by atoms with Gasteiger partial charge >= 0.3 is 0 Å². The lowest BCUT2D eigenvalue weighted by Gasteiger charge is -2.17. The lowest BCUT2D eigenvalue weighted by atomic mass is 9.93. The first-order valence-corrected chi connectivity index (χ1v) is 7.70. The highest BCUT2D eigenvalue weighted by Crippen LogP contribution is 2.33. The normalized spacial score (nSPS) is 12.2. The molecule has 110 valence electrons. The van der Waals surface area contributed by atoms with Crippen LogP contribution in [0.15, 0.2) is 18.2 Å². The largest absolute Gasteiger partial charge is 0.377 e. The smallest absolute Gasteiger partial charge is 0.132 e. The van der Waals surface area contributed by atoms with E-state index in [2.05, 4.69) is 20.8 Å². The van der Waals surface area contributed by atoms with E-state index in [0.717, 1.165) is 21.6 Å². The van der Waals surface area contributed by atoms with Crippen LogP contribution in [0.3, 0.4) is 0 Å². The quantitative estimate of drug-likeness (QED) is 0.827. The van der Waals surface area contributed by atoms with Gasteiger partial charge < -0.3 is 10.5 Å². The molecule has 0 fully saturated rings. The summed E-state index contributed by atoms with van der Waals surface area (Å²) in [6.07, 6.45) is 0.982. The van der Waals surface area contributed by atoms with Gasteiger partial charge in [-0.25, -0.2) is 4.39 Å². The molecule has 1 heterocycles. The molecule has 0 saturated carbocycles. The zero-order chi connectivity index (χ0) is 14.8. The minimum absolute atomic E-state index is 0.187. The maximum atomic E-state index is 14.0. The molecule has 0 aliphatic heterocycles. The number of ether oxygens (including phenoxy) is 1. The Bertz CT molecular complexity index is 586. The molecule has 0 spiro atoms. The summed E-state index contributed by atoms with van der Waals surface area (Å²) < 4.78 is 20.7. The summed E-state index contributed by atoms with van der Waals surface area (Å²) in [6.45, 7) is 8.09. The average molecular weight is 295 g/mol. The van der Waals surface area contributed by atoms with Gasteiger partial charge in [-0.2, -0.15) is 0 Å². The van der Waals surface area contributed by atoms with Crippen molar-refractivity contribution in [2.45, 2.75) is 40.3 Å². The van der Waals surface area contributed by atoms with Crippen molar-refractivity contribution in [2.75, 3.05) is 6.61 Å². The van der Waals surface area contributed by atoms with E-state index in [-0.39, 0.29) is 11.2 Å². The number of benzene rings is 1. The van der Waals surface area contributed by atoms with Crippen molar-refractivity contribution in [3.63, 3.8) is 0 Å². The average Bonchev–Trinajstić information content (AvgIpc) is 2.73. The van der Waals surface area contributed by atoms with Crippen molar-refractivity contribution >= 4 is 21.4 Å². The molecule has 4 heteroatoms. The van der Waals surface area contributed by atoms with E-state index >= 15 is 0 Å². The Balaban J connectivity index is 2.16. The van der Waals surface area contributed by atoms with Gasteiger partial charge in [0.2, 0.25) is 0 Å². The highest BCUT2D eigenvalue weighted by atomic mass is 32.1. The summed E-state index contributed by atoms with van der Waals surface area (Å²) in [7, 11) is 0. The van der Waals surface area contributed by atoms with Crippen molar-refractivity contribution in [1.82, 2.24) is 0 Å². The molecule has 0 radical (unpaired) electrons. The zero-order valence-corrected chi connectivity index (χ0v) is 13.1. The second kappa shape index (κ2) is 6.20. The first-order valence-electron chi connectivity index (χ1n) is 6.89. The Kier molecular flexibility index (Phi) is 4.78. The summed E-state index contributed by atoms with van der Waals surface area (Å²) >= 11 is 1.56. The van der Waals surface area contributed by atoms with E-state index in [1.165, 1.54) is 6.07 Å². The fourth-order valence-corrected chi connectivity index (χ4v) is 3.19. The minimum atomic E-state index is -0.187. The number of hydrogen-bond donors (Lipinski definition) is 1. The number of halogens is 1. The number of nitrogens with two attached hydrogens (primary N) is 1. The Morgan fingerprint density at radius 2 is 2.05 bits per heavy atom. The van der Waals surface area contributed by atoms with E-state index in [9.17, 15) is 4.39 Å². The van der Waals surface area contributed by atoms with Crippen LogP contribution in [0.4, 0.5) is 4.39 Å². The van der Waals surface area contributed by atoms with Crippen molar-refractivity contribution in [2.24, 2.45) is 11.1 Å². The Morgan fingerprint density at radius 1 is 1.30 bits per heavy atom. The number of thiophene rings is 1. The van der Waals surface area contributed by atoms with Gasteiger partial charge in [-0.3, -0.25) is 0 Å². The lowest BCUT2D eigenvalue weighted by molar-refractivity contribution is 0.0966.